The molecule has 7 heteroatoms. The molecule has 29 heavy (non-hydrogen) atoms. The third-order valence-corrected chi connectivity index (χ3v) is 5.24. The maximum absolute atomic E-state index is 12.2. The van der Waals surface area contributed by atoms with E-state index in [0.29, 0.717) is 16.9 Å². The van der Waals surface area contributed by atoms with E-state index in [1.807, 2.05) is 39.8 Å². The molecule has 0 saturated carbocycles. The SMILES string of the molecule is CCc1ncc(Nc2ccc(C3CCN(C(=O)OC(C)(C)C)CC3)cc2)nc1Cl. The first-order chi connectivity index (χ1) is 13.7. The van der Waals surface area contributed by atoms with E-state index < -0.39 is 5.60 Å². The first-order valence-electron chi connectivity index (χ1n) is 10.1. The maximum atomic E-state index is 12.2. The highest BCUT2D eigenvalue weighted by molar-refractivity contribution is 6.30. The Balaban J connectivity index is 1.56. The third-order valence-electron chi connectivity index (χ3n) is 4.94. The molecule has 1 amide bonds. The van der Waals surface area contributed by atoms with Crippen molar-refractivity contribution in [3.05, 3.63) is 46.9 Å². The number of hydrogen-bond acceptors (Lipinski definition) is 5. The minimum Gasteiger partial charge on any atom is -0.444 e. The number of ether oxygens (including phenoxy) is 1. The van der Waals surface area contributed by atoms with Crippen molar-refractivity contribution in [1.82, 2.24) is 14.9 Å². The molecule has 1 aromatic heterocycles. The van der Waals surface area contributed by atoms with Crippen LogP contribution in [0.3, 0.4) is 0 Å². The van der Waals surface area contributed by atoms with Gasteiger partial charge in [-0.15, -0.1) is 0 Å². The van der Waals surface area contributed by atoms with Crippen LogP contribution in [0.5, 0.6) is 0 Å². The summed E-state index contributed by atoms with van der Waals surface area (Å²) in [7, 11) is 0. The highest BCUT2D eigenvalue weighted by Gasteiger charge is 2.27. The van der Waals surface area contributed by atoms with Crippen LogP contribution in [0.1, 0.15) is 57.7 Å². The average molecular weight is 417 g/mol. The number of rotatable bonds is 4. The third kappa shape index (κ3) is 5.82. The fourth-order valence-corrected chi connectivity index (χ4v) is 3.67. The zero-order chi connectivity index (χ0) is 21.0. The van der Waals surface area contributed by atoms with Crippen molar-refractivity contribution in [2.75, 3.05) is 18.4 Å². The number of aromatic nitrogens is 2. The Morgan fingerprint density at radius 3 is 2.45 bits per heavy atom. The van der Waals surface area contributed by atoms with Crippen LogP contribution in [-0.2, 0) is 11.2 Å². The Morgan fingerprint density at radius 2 is 1.90 bits per heavy atom. The molecule has 1 N–H and O–H groups in total. The van der Waals surface area contributed by atoms with Crippen LogP contribution in [0.4, 0.5) is 16.3 Å². The number of amides is 1. The zero-order valence-electron chi connectivity index (χ0n) is 17.5. The molecule has 1 aliphatic rings. The molecule has 0 aliphatic carbocycles. The number of piperidine rings is 1. The molecule has 2 aromatic rings. The summed E-state index contributed by atoms with van der Waals surface area (Å²) in [5, 5.41) is 3.68. The summed E-state index contributed by atoms with van der Waals surface area (Å²) in [4.78, 5) is 22.7. The number of carbonyl (C=O) groups is 1. The van der Waals surface area contributed by atoms with Crippen LogP contribution >= 0.6 is 11.6 Å². The number of hydrogen-bond donors (Lipinski definition) is 1. The van der Waals surface area contributed by atoms with Crippen LogP contribution in [-0.4, -0.2) is 39.7 Å². The summed E-state index contributed by atoms with van der Waals surface area (Å²) in [6.07, 6.45) is 4.11. The zero-order valence-corrected chi connectivity index (χ0v) is 18.3. The van der Waals surface area contributed by atoms with Crippen LogP contribution in [0.15, 0.2) is 30.5 Å². The van der Waals surface area contributed by atoms with Gasteiger partial charge in [0.15, 0.2) is 11.0 Å². The lowest BCUT2D eigenvalue weighted by atomic mass is 9.89. The predicted octanol–water partition coefficient (Wildman–Crippen LogP) is 5.55. The molecule has 0 unspecified atom stereocenters. The Kier molecular flexibility index (Phi) is 6.63. The number of nitrogens with one attached hydrogen (secondary N) is 1. The fraction of sp³-hybridized carbons (Fsp3) is 0.500. The number of aryl methyl sites for hydroxylation is 1. The van der Waals surface area contributed by atoms with E-state index >= 15 is 0 Å². The van der Waals surface area contributed by atoms with Gasteiger partial charge in [0.05, 0.1) is 11.9 Å². The second kappa shape index (κ2) is 8.99. The molecule has 0 radical (unpaired) electrons. The number of benzene rings is 1. The number of nitrogens with zero attached hydrogens (tertiary/aromatic N) is 3. The number of carbonyl (C=O) groups excluding carboxylic acids is 1. The van der Waals surface area contributed by atoms with E-state index in [1.54, 1.807) is 11.1 Å². The van der Waals surface area contributed by atoms with Crippen LogP contribution in [0.2, 0.25) is 5.15 Å². The molecule has 0 atom stereocenters. The standard InChI is InChI=1S/C22H29ClN4O2/c1-5-18-20(23)26-19(14-24-18)25-17-8-6-15(7-9-17)16-10-12-27(13-11-16)21(28)29-22(2,3)4/h6-9,14,16H,5,10-13H2,1-4H3,(H,25,26). The van der Waals surface area contributed by atoms with Gasteiger partial charge in [0.2, 0.25) is 0 Å². The van der Waals surface area contributed by atoms with Crippen molar-refractivity contribution in [2.45, 2.75) is 58.5 Å². The second-order valence-corrected chi connectivity index (χ2v) is 8.69. The van der Waals surface area contributed by atoms with E-state index in [9.17, 15) is 4.79 Å². The van der Waals surface area contributed by atoms with Crippen LogP contribution in [0, 0.1) is 0 Å². The lowest BCUT2D eigenvalue weighted by Crippen LogP contribution is -2.41. The van der Waals surface area contributed by atoms with E-state index in [2.05, 4.69) is 27.4 Å². The molecule has 1 fully saturated rings. The summed E-state index contributed by atoms with van der Waals surface area (Å²) >= 11 is 6.14. The Bertz CT molecular complexity index is 841. The summed E-state index contributed by atoms with van der Waals surface area (Å²) < 4.78 is 5.47. The maximum Gasteiger partial charge on any atom is 0.410 e. The molecule has 0 spiro atoms. The van der Waals surface area contributed by atoms with Crippen molar-refractivity contribution in [3.63, 3.8) is 0 Å². The van der Waals surface area contributed by atoms with Gasteiger partial charge in [0, 0.05) is 18.8 Å². The first-order valence-corrected chi connectivity index (χ1v) is 10.5. The predicted molar refractivity (Wildman–Crippen MR) is 116 cm³/mol. The van der Waals surface area contributed by atoms with Gasteiger partial charge in [-0.25, -0.2) is 9.78 Å². The van der Waals surface area contributed by atoms with Crippen molar-refractivity contribution in [1.29, 1.82) is 0 Å². The topological polar surface area (TPSA) is 67.4 Å². The van der Waals surface area contributed by atoms with Crippen molar-refractivity contribution >= 4 is 29.2 Å². The normalized spacial score (nSPS) is 15.3. The molecule has 1 aliphatic heterocycles. The largest absolute Gasteiger partial charge is 0.444 e. The highest BCUT2D eigenvalue weighted by atomic mass is 35.5. The molecule has 2 heterocycles. The van der Waals surface area contributed by atoms with Crippen molar-refractivity contribution in [3.8, 4) is 0 Å². The van der Waals surface area contributed by atoms with Gasteiger partial charge in [-0.3, -0.25) is 4.98 Å². The molecule has 1 saturated heterocycles. The number of anilines is 2. The quantitative estimate of drug-likeness (QED) is 0.707. The molecule has 1 aromatic carbocycles. The monoisotopic (exact) mass is 416 g/mol. The lowest BCUT2D eigenvalue weighted by Gasteiger charge is -2.33. The molecular weight excluding hydrogens is 388 g/mol. The molecule has 0 bridgehead atoms. The van der Waals surface area contributed by atoms with Gasteiger partial charge in [-0.1, -0.05) is 30.7 Å². The Hall–Kier alpha value is -2.34. The first kappa shape index (κ1) is 21.4. The van der Waals surface area contributed by atoms with Gasteiger partial charge in [-0.2, -0.15) is 0 Å². The van der Waals surface area contributed by atoms with Gasteiger partial charge in [0.1, 0.15) is 5.60 Å². The number of likely N-dealkylation sites (tertiary alicyclic amines) is 1. The summed E-state index contributed by atoms with van der Waals surface area (Å²) in [6, 6.07) is 8.34. The van der Waals surface area contributed by atoms with Crippen LogP contribution in [0.25, 0.3) is 0 Å². The van der Waals surface area contributed by atoms with E-state index in [0.717, 1.165) is 43.7 Å². The summed E-state index contributed by atoms with van der Waals surface area (Å²) in [6.45, 7) is 9.12. The fourth-order valence-electron chi connectivity index (χ4n) is 3.40. The summed E-state index contributed by atoms with van der Waals surface area (Å²) in [5.74, 6) is 1.08. The van der Waals surface area contributed by atoms with E-state index in [1.165, 1.54) is 5.56 Å². The van der Waals surface area contributed by atoms with E-state index in [4.69, 9.17) is 16.3 Å². The lowest BCUT2D eigenvalue weighted by molar-refractivity contribution is 0.0205. The van der Waals surface area contributed by atoms with Crippen molar-refractivity contribution in [2.24, 2.45) is 0 Å². The molecule has 6 nitrogen and oxygen atoms in total. The highest BCUT2D eigenvalue weighted by Crippen LogP contribution is 2.30. The van der Waals surface area contributed by atoms with E-state index in [-0.39, 0.29) is 6.09 Å². The minimum atomic E-state index is -0.456. The van der Waals surface area contributed by atoms with Gasteiger partial charge in [0.25, 0.3) is 0 Å². The molecule has 156 valence electrons. The summed E-state index contributed by atoms with van der Waals surface area (Å²) in [5.41, 5.74) is 2.56. The minimum absolute atomic E-state index is 0.218. The Labute approximate surface area is 177 Å². The molecule has 3 rings (SSSR count). The van der Waals surface area contributed by atoms with Gasteiger partial charge in [-0.05, 0) is 63.6 Å². The molecular formula is C22H29ClN4O2. The average Bonchev–Trinajstić information content (AvgIpc) is 2.68. The Morgan fingerprint density at radius 1 is 1.24 bits per heavy atom. The van der Waals surface area contributed by atoms with Gasteiger partial charge < -0.3 is 15.0 Å². The van der Waals surface area contributed by atoms with Crippen molar-refractivity contribution < 1.29 is 9.53 Å². The smallest absolute Gasteiger partial charge is 0.410 e. The second-order valence-electron chi connectivity index (χ2n) is 8.33. The van der Waals surface area contributed by atoms with Crippen LogP contribution < -0.4 is 5.32 Å². The van der Waals surface area contributed by atoms with Gasteiger partial charge >= 0.3 is 6.09 Å². The number of halogens is 1.